The lowest BCUT2D eigenvalue weighted by Crippen LogP contribution is -2.18. The van der Waals surface area contributed by atoms with Crippen molar-refractivity contribution in [2.45, 2.75) is 45.1 Å². The molecule has 0 aromatic heterocycles. The first kappa shape index (κ1) is 12.0. The van der Waals surface area contributed by atoms with E-state index >= 15 is 0 Å². The molecule has 1 aromatic carbocycles. The molecule has 3 heteroatoms. The highest BCUT2D eigenvalue weighted by Crippen LogP contribution is 2.35. The fourth-order valence-corrected chi connectivity index (χ4v) is 1.84. The Bertz CT molecular complexity index is 439. The molecule has 0 amide bonds. The van der Waals surface area contributed by atoms with E-state index in [9.17, 15) is 9.90 Å². The van der Waals surface area contributed by atoms with Gasteiger partial charge in [0.05, 0.1) is 6.10 Å². The molecule has 92 valence electrons. The highest BCUT2D eigenvalue weighted by molar-refractivity contribution is 5.93. The Hall–Kier alpha value is -1.51. The normalized spacial score (nSPS) is 15.7. The number of carboxylic acid groups (broad SMARTS) is 1. The summed E-state index contributed by atoms with van der Waals surface area (Å²) < 4.78 is 5.67. The molecule has 17 heavy (non-hydrogen) atoms. The van der Waals surface area contributed by atoms with E-state index < -0.39 is 5.97 Å². The molecular formula is C14H18O3. The van der Waals surface area contributed by atoms with Gasteiger partial charge in [-0.3, -0.25) is 0 Å². The van der Waals surface area contributed by atoms with Crippen molar-refractivity contribution in [3.63, 3.8) is 0 Å². The van der Waals surface area contributed by atoms with Crippen molar-refractivity contribution in [2.24, 2.45) is 0 Å². The van der Waals surface area contributed by atoms with E-state index in [2.05, 4.69) is 0 Å². The number of rotatable bonds is 3. The molecule has 0 bridgehead atoms. The lowest BCUT2D eigenvalue weighted by Gasteiger charge is -2.23. The average molecular weight is 234 g/mol. The fraction of sp³-hybridized carbons (Fsp3) is 0.500. The van der Waals surface area contributed by atoms with Crippen LogP contribution in [0.25, 0.3) is 0 Å². The minimum Gasteiger partial charge on any atom is -0.490 e. The maximum atomic E-state index is 11.4. The molecular weight excluding hydrogens is 216 g/mol. The maximum Gasteiger partial charge on any atom is 0.339 e. The molecule has 0 heterocycles. The van der Waals surface area contributed by atoms with Gasteiger partial charge in [-0.1, -0.05) is 32.9 Å². The zero-order valence-corrected chi connectivity index (χ0v) is 10.5. The van der Waals surface area contributed by atoms with Gasteiger partial charge in [0.1, 0.15) is 11.3 Å². The second-order valence-electron chi connectivity index (χ2n) is 5.55. The molecule has 0 saturated heterocycles. The van der Waals surface area contributed by atoms with E-state index in [0.717, 1.165) is 18.4 Å². The third kappa shape index (κ3) is 2.60. The van der Waals surface area contributed by atoms with Crippen molar-refractivity contribution in [2.75, 3.05) is 0 Å². The van der Waals surface area contributed by atoms with Crippen LogP contribution in [0.3, 0.4) is 0 Å². The smallest absolute Gasteiger partial charge is 0.339 e. The molecule has 0 atom stereocenters. The lowest BCUT2D eigenvalue weighted by molar-refractivity contribution is 0.0689. The number of hydrogen-bond acceptors (Lipinski definition) is 2. The van der Waals surface area contributed by atoms with Gasteiger partial charge in [-0.05, 0) is 29.9 Å². The van der Waals surface area contributed by atoms with Crippen LogP contribution in [0.1, 0.15) is 49.5 Å². The lowest BCUT2D eigenvalue weighted by atomic mass is 9.83. The van der Waals surface area contributed by atoms with Crippen molar-refractivity contribution >= 4 is 5.97 Å². The molecule has 1 aliphatic carbocycles. The van der Waals surface area contributed by atoms with Crippen LogP contribution in [-0.4, -0.2) is 17.2 Å². The summed E-state index contributed by atoms with van der Waals surface area (Å²) in [4.78, 5) is 11.4. The molecule has 0 radical (unpaired) electrons. The van der Waals surface area contributed by atoms with Gasteiger partial charge < -0.3 is 9.84 Å². The quantitative estimate of drug-likeness (QED) is 0.873. The molecule has 1 N–H and O–H groups in total. The summed E-state index contributed by atoms with van der Waals surface area (Å²) >= 11 is 0. The first-order valence-corrected chi connectivity index (χ1v) is 5.93. The summed E-state index contributed by atoms with van der Waals surface area (Å²) in [5.41, 5.74) is 0.937. The minimum absolute atomic E-state index is 0.198. The highest BCUT2D eigenvalue weighted by atomic mass is 16.5. The molecule has 0 aliphatic heterocycles. The number of carbonyl (C=O) groups is 1. The molecule has 0 unspecified atom stereocenters. The SMILES string of the molecule is CC(C)(C)c1cccc(OC2CC2)c1C(=O)O. The molecule has 1 aliphatic rings. The van der Waals surface area contributed by atoms with Gasteiger partial charge in [0.2, 0.25) is 0 Å². The van der Waals surface area contributed by atoms with Gasteiger partial charge in [-0.15, -0.1) is 0 Å². The predicted molar refractivity (Wildman–Crippen MR) is 65.8 cm³/mol. The van der Waals surface area contributed by atoms with Crippen LogP contribution in [0.4, 0.5) is 0 Å². The molecule has 3 nitrogen and oxygen atoms in total. The second kappa shape index (κ2) is 4.06. The zero-order valence-electron chi connectivity index (χ0n) is 10.5. The van der Waals surface area contributed by atoms with Crippen LogP contribution in [0.2, 0.25) is 0 Å². The first-order chi connectivity index (χ1) is 7.89. The van der Waals surface area contributed by atoms with Crippen molar-refractivity contribution in [3.05, 3.63) is 29.3 Å². The van der Waals surface area contributed by atoms with Gasteiger partial charge >= 0.3 is 5.97 Å². The van der Waals surface area contributed by atoms with E-state index in [0.29, 0.717) is 11.3 Å². The topological polar surface area (TPSA) is 46.5 Å². The molecule has 1 aromatic rings. The largest absolute Gasteiger partial charge is 0.490 e. The van der Waals surface area contributed by atoms with Crippen molar-refractivity contribution in [3.8, 4) is 5.75 Å². The summed E-state index contributed by atoms with van der Waals surface area (Å²) in [6.45, 7) is 6.03. The van der Waals surface area contributed by atoms with Gasteiger partial charge in [-0.2, -0.15) is 0 Å². The van der Waals surface area contributed by atoms with E-state index in [1.807, 2.05) is 32.9 Å². The summed E-state index contributed by atoms with van der Waals surface area (Å²) in [5, 5.41) is 9.36. The van der Waals surface area contributed by atoms with Crippen molar-refractivity contribution in [1.29, 1.82) is 0 Å². The van der Waals surface area contributed by atoms with Crippen molar-refractivity contribution < 1.29 is 14.6 Å². The Morgan fingerprint density at radius 3 is 2.47 bits per heavy atom. The molecule has 0 spiro atoms. The Labute approximate surface area is 101 Å². The van der Waals surface area contributed by atoms with Gasteiger partial charge in [-0.25, -0.2) is 4.79 Å². The van der Waals surface area contributed by atoms with Crippen LogP contribution in [0, 0.1) is 0 Å². The van der Waals surface area contributed by atoms with E-state index in [-0.39, 0.29) is 11.5 Å². The Morgan fingerprint density at radius 2 is 2.00 bits per heavy atom. The van der Waals surface area contributed by atoms with Gasteiger partial charge in [0, 0.05) is 0 Å². The number of hydrogen-bond donors (Lipinski definition) is 1. The molecule has 1 fully saturated rings. The van der Waals surface area contributed by atoms with E-state index in [1.165, 1.54) is 0 Å². The molecule has 1 saturated carbocycles. The molecule has 2 rings (SSSR count). The average Bonchev–Trinajstić information content (AvgIpc) is 2.99. The standard InChI is InChI=1S/C14H18O3/c1-14(2,3)10-5-4-6-11(12(10)13(15)16)17-9-7-8-9/h4-6,9H,7-8H2,1-3H3,(H,15,16). The van der Waals surface area contributed by atoms with Crippen LogP contribution < -0.4 is 4.74 Å². The summed E-state index contributed by atoms with van der Waals surface area (Å²) in [7, 11) is 0. The highest BCUT2D eigenvalue weighted by Gasteiger charge is 2.29. The van der Waals surface area contributed by atoms with E-state index in [4.69, 9.17) is 4.74 Å². The van der Waals surface area contributed by atoms with Crippen LogP contribution in [-0.2, 0) is 5.41 Å². The third-order valence-electron chi connectivity index (χ3n) is 2.87. The van der Waals surface area contributed by atoms with Crippen LogP contribution in [0.15, 0.2) is 18.2 Å². The maximum absolute atomic E-state index is 11.4. The Balaban J connectivity index is 2.47. The summed E-state index contributed by atoms with van der Waals surface area (Å²) in [5.74, 6) is -0.404. The number of benzene rings is 1. The van der Waals surface area contributed by atoms with Gasteiger partial charge in [0.25, 0.3) is 0 Å². The summed E-state index contributed by atoms with van der Waals surface area (Å²) in [6.07, 6.45) is 2.26. The van der Waals surface area contributed by atoms with E-state index in [1.54, 1.807) is 6.07 Å². The van der Waals surface area contributed by atoms with Crippen LogP contribution >= 0.6 is 0 Å². The fourth-order valence-electron chi connectivity index (χ4n) is 1.84. The minimum atomic E-state index is -0.911. The predicted octanol–water partition coefficient (Wildman–Crippen LogP) is 3.22. The Morgan fingerprint density at radius 1 is 1.35 bits per heavy atom. The monoisotopic (exact) mass is 234 g/mol. The summed E-state index contributed by atoms with van der Waals surface area (Å²) in [6, 6.07) is 5.48. The number of aromatic carboxylic acids is 1. The first-order valence-electron chi connectivity index (χ1n) is 5.93. The third-order valence-corrected chi connectivity index (χ3v) is 2.87. The Kier molecular flexibility index (Phi) is 2.86. The number of ether oxygens (including phenoxy) is 1. The number of carboxylic acids is 1. The zero-order chi connectivity index (χ0) is 12.6. The van der Waals surface area contributed by atoms with Crippen LogP contribution in [0.5, 0.6) is 5.75 Å². The van der Waals surface area contributed by atoms with Crippen molar-refractivity contribution in [1.82, 2.24) is 0 Å². The van der Waals surface area contributed by atoms with Gasteiger partial charge in [0.15, 0.2) is 0 Å². The second-order valence-corrected chi connectivity index (χ2v) is 5.55.